The van der Waals surface area contributed by atoms with Crippen molar-refractivity contribution in [1.82, 2.24) is 15.0 Å². The summed E-state index contributed by atoms with van der Waals surface area (Å²) in [5.74, 6) is -0.946. The Morgan fingerprint density at radius 2 is 2.07 bits per heavy atom. The largest absolute Gasteiger partial charge is 0.475 e. The Morgan fingerprint density at radius 1 is 1.40 bits per heavy atom. The number of carbonyl (C=O) groups is 1. The Kier molecular flexibility index (Phi) is 2.17. The van der Waals surface area contributed by atoms with E-state index in [1.54, 1.807) is 13.0 Å². The third kappa shape index (κ3) is 1.69. The van der Waals surface area contributed by atoms with E-state index in [9.17, 15) is 4.79 Å². The van der Waals surface area contributed by atoms with E-state index in [2.05, 4.69) is 15.0 Å². The third-order valence-electron chi connectivity index (χ3n) is 1.75. The van der Waals surface area contributed by atoms with Crippen LogP contribution in [0.5, 0.6) is 0 Å². The van der Waals surface area contributed by atoms with Gasteiger partial charge in [0.05, 0.1) is 5.69 Å². The number of hydrogen-bond donors (Lipinski definition) is 1. The minimum Gasteiger partial charge on any atom is -0.475 e. The Morgan fingerprint density at radius 3 is 2.60 bits per heavy atom. The molecule has 0 aliphatic rings. The maximum Gasteiger partial charge on any atom is 0.373 e. The van der Waals surface area contributed by atoms with Crippen molar-refractivity contribution in [1.29, 1.82) is 0 Å². The summed E-state index contributed by atoms with van der Waals surface area (Å²) in [6.07, 6.45) is 3.06. The van der Waals surface area contributed by atoms with Gasteiger partial charge in [-0.25, -0.2) is 19.7 Å². The SMILES string of the molecule is Cc1nc(-c2ncccn2)oc1C(=O)O. The van der Waals surface area contributed by atoms with Gasteiger partial charge in [0.25, 0.3) is 5.89 Å². The number of nitrogens with zero attached hydrogens (tertiary/aromatic N) is 3. The van der Waals surface area contributed by atoms with Crippen LogP contribution in [0.2, 0.25) is 0 Å². The monoisotopic (exact) mass is 205 g/mol. The van der Waals surface area contributed by atoms with Gasteiger partial charge >= 0.3 is 5.97 Å². The molecule has 0 amide bonds. The number of aromatic carboxylic acids is 1. The quantitative estimate of drug-likeness (QED) is 0.790. The van der Waals surface area contributed by atoms with E-state index in [1.165, 1.54) is 12.4 Å². The summed E-state index contributed by atoms with van der Waals surface area (Å²) < 4.78 is 5.03. The van der Waals surface area contributed by atoms with Gasteiger partial charge in [-0.3, -0.25) is 0 Å². The van der Waals surface area contributed by atoms with Crippen LogP contribution in [0.1, 0.15) is 16.2 Å². The molecule has 0 aromatic carbocycles. The van der Waals surface area contributed by atoms with Crippen LogP contribution in [0, 0.1) is 6.92 Å². The van der Waals surface area contributed by atoms with Crippen LogP contribution in [-0.2, 0) is 0 Å². The zero-order valence-electron chi connectivity index (χ0n) is 7.84. The molecule has 0 atom stereocenters. The van der Waals surface area contributed by atoms with Gasteiger partial charge in [0.1, 0.15) is 0 Å². The van der Waals surface area contributed by atoms with Crippen molar-refractivity contribution in [2.24, 2.45) is 0 Å². The summed E-state index contributed by atoms with van der Waals surface area (Å²) in [4.78, 5) is 22.4. The fourth-order valence-corrected chi connectivity index (χ4v) is 1.10. The smallest absolute Gasteiger partial charge is 0.373 e. The molecular weight excluding hydrogens is 198 g/mol. The number of rotatable bonds is 2. The Balaban J connectivity index is 2.48. The molecule has 76 valence electrons. The summed E-state index contributed by atoms with van der Waals surface area (Å²) in [5, 5.41) is 8.75. The van der Waals surface area contributed by atoms with Crippen LogP contribution in [0.3, 0.4) is 0 Å². The summed E-state index contributed by atoms with van der Waals surface area (Å²) in [6.45, 7) is 1.55. The molecule has 0 fully saturated rings. The first-order valence-corrected chi connectivity index (χ1v) is 4.16. The summed E-state index contributed by atoms with van der Waals surface area (Å²) in [6, 6.07) is 1.65. The second-order valence-electron chi connectivity index (χ2n) is 2.81. The Bertz CT molecular complexity index is 493. The molecule has 0 aliphatic heterocycles. The first-order valence-electron chi connectivity index (χ1n) is 4.16. The van der Waals surface area contributed by atoms with E-state index in [0.29, 0.717) is 5.69 Å². The van der Waals surface area contributed by atoms with Crippen molar-refractivity contribution in [3.8, 4) is 11.7 Å². The highest BCUT2D eigenvalue weighted by Gasteiger charge is 2.18. The number of oxazole rings is 1. The van der Waals surface area contributed by atoms with Crippen LogP contribution < -0.4 is 0 Å². The van der Waals surface area contributed by atoms with E-state index in [0.717, 1.165) is 0 Å². The van der Waals surface area contributed by atoms with Gasteiger partial charge in [-0.05, 0) is 13.0 Å². The number of carboxylic acids is 1. The van der Waals surface area contributed by atoms with Gasteiger partial charge in [-0.15, -0.1) is 0 Å². The van der Waals surface area contributed by atoms with E-state index in [-0.39, 0.29) is 17.5 Å². The molecule has 0 bridgehead atoms. The van der Waals surface area contributed by atoms with Crippen molar-refractivity contribution < 1.29 is 14.3 Å². The van der Waals surface area contributed by atoms with Crippen LogP contribution in [0.4, 0.5) is 0 Å². The zero-order valence-corrected chi connectivity index (χ0v) is 7.84. The molecule has 0 aliphatic carbocycles. The first-order chi connectivity index (χ1) is 7.18. The summed E-state index contributed by atoms with van der Waals surface area (Å²) in [5.41, 5.74) is 0.310. The highest BCUT2D eigenvalue weighted by molar-refractivity contribution is 5.85. The maximum absolute atomic E-state index is 10.7. The number of aryl methyl sites for hydroxylation is 1. The van der Waals surface area contributed by atoms with Crippen molar-refractivity contribution >= 4 is 5.97 Å². The van der Waals surface area contributed by atoms with Crippen molar-refractivity contribution in [3.63, 3.8) is 0 Å². The zero-order chi connectivity index (χ0) is 10.8. The lowest BCUT2D eigenvalue weighted by molar-refractivity contribution is 0.0662. The average molecular weight is 205 g/mol. The average Bonchev–Trinajstić information content (AvgIpc) is 2.62. The second-order valence-corrected chi connectivity index (χ2v) is 2.81. The van der Waals surface area contributed by atoms with Crippen LogP contribution in [0.15, 0.2) is 22.9 Å². The molecule has 2 aromatic rings. The first kappa shape index (κ1) is 9.32. The predicted molar refractivity (Wildman–Crippen MR) is 49.2 cm³/mol. The lowest BCUT2D eigenvalue weighted by Crippen LogP contribution is -1.95. The number of hydrogen-bond acceptors (Lipinski definition) is 5. The number of aromatic nitrogens is 3. The Hall–Kier alpha value is -2.24. The summed E-state index contributed by atoms with van der Waals surface area (Å²) >= 11 is 0. The Labute approximate surface area is 84.6 Å². The molecule has 0 radical (unpaired) electrons. The topological polar surface area (TPSA) is 89.1 Å². The molecule has 0 spiro atoms. The molecule has 1 N–H and O–H groups in total. The minimum absolute atomic E-state index is 0.116. The molecule has 0 saturated heterocycles. The van der Waals surface area contributed by atoms with Gasteiger partial charge in [-0.2, -0.15) is 0 Å². The van der Waals surface area contributed by atoms with Gasteiger partial charge in [0, 0.05) is 12.4 Å². The highest BCUT2D eigenvalue weighted by Crippen LogP contribution is 2.17. The number of carboxylic acid groups (broad SMARTS) is 1. The van der Waals surface area contributed by atoms with Gasteiger partial charge in [-0.1, -0.05) is 0 Å². The van der Waals surface area contributed by atoms with Gasteiger partial charge in [0.15, 0.2) is 0 Å². The fourth-order valence-electron chi connectivity index (χ4n) is 1.10. The second kappa shape index (κ2) is 3.49. The van der Waals surface area contributed by atoms with Crippen molar-refractivity contribution in [3.05, 3.63) is 29.9 Å². The van der Waals surface area contributed by atoms with Crippen molar-refractivity contribution in [2.75, 3.05) is 0 Å². The van der Waals surface area contributed by atoms with Crippen LogP contribution in [0.25, 0.3) is 11.7 Å². The fraction of sp³-hybridized carbons (Fsp3) is 0.111. The molecular formula is C9H7N3O3. The maximum atomic E-state index is 10.7. The van der Waals surface area contributed by atoms with E-state index in [4.69, 9.17) is 9.52 Å². The molecule has 6 heteroatoms. The lowest BCUT2D eigenvalue weighted by Gasteiger charge is -1.90. The molecule has 15 heavy (non-hydrogen) atoms. The molecule has 2 rings (SSSR count). The normalized spacial score (nSPS) is 10.2. The highest BCUT2D eigenvalue weighted by atomic mass is 16.4. The van der Waals surface area contributed by atoms with Gasteiger partial charge in [0.2, 0.25) is 11.6 Å². The predicted octanol–water partition coefficient (Wildman–Crippen LogP) is 1.14. The standard InChI is InChI=1S/C9H7N3O3/c1-5-6(9(13)14)15-8(12-5)7-10-3-2-4-11-7/h2-4H,1H3,(H,13,14). The van der Waals surface area contributed by atoms with Crippen LogP contribution >= 0.6 is 0 Å². The van der Waals surface area contributed by atoms with E-state index >= 15 is 0 Å². The van der Waals surface area contributed by atoms with Crippen LogP contribution in [-0.4, -0.2) is 26.0 Å². The minimum atomic E-state index is -1.15. The molecule has 0 saturated carbocycles. The third-order valence-corrected chi connectivity index (χ3v) is 1.75. The lowest BCUT2D eigenvalue weighted by atomic mass is 10.4. The molecule has 2 heterocycles. The van der Waals surface area contributed by atoms with Gasteiger partial charge < -0.3 is 9.52 Å². The molecule has 6 nitrogen and oxygen atoms in total. The van der Waals surface area contributed by atoms with E-state index in [1.807, 2.05) is 0 Å². The van der Waals surface area contributed by atoms with E-state index < -0.39 is 5.97 Å². The van der Waals surface area contributed by atoms with Crippen molar-refractivity contribution in [2.45, 2.75) is 6.92 Å². The molecule has 2 aromatic heterocycles. The summed E-state index contributed by atoms with van der Waals surface area (Å²) in [7, 11) is 0. The molecule has 0 unspecified atom stereocenters.